The van der Waals surface area contributed by atoms with Crippen LogP contribution in [0.3, 0.4) is 0 Å². The highest BCUT2D eigenvalue weighted by atomic mass is 79.9. The summed E-state index contributed by atoms with van der Waals surface area (Å²) in [6, 6.07) is 5.25. The molecular weight excluding hydrogens is 274 g/mol. The third-order valence-electron chi connectivity index (χ3n) is 1.22. The number of carbonyl (C=O) groups excluding carboxylic acids is 1. The molecule has 1 aromatic rings. The molecule has 4 heteroatoms. The van der Waals surface area contributed by atoms with Crippen molar-refractivity contribution in [3.63, 3.8) is 0 Å². The minimum Gasteiger partial charge on any atom is -0.366 e. The molecular formula is C7H5Br2NO. The topological polar surface area (TPSA) is 43.1 Å². The van der Waals surface area contributed by atoms with Crippen molar-refractivity contribution in [3.05, 3.63) is 32.7 Å². The zero-order chi connectivity index (χ0) is 8.43. The first-order chi connectivity index (χ1) is 5.13. The van der Waals surface area contributed by atoms with Gasteiger partial charge in [0.2, 0.25) is 5.91 Å². The Labute approximate surface area is 81.0 Å². The van der Waals surface area contributed by atoms with Crippen LogP contribution in [0.15, 0.2) is 27.1 Å². The van der Waals surface area contributed by atoms with Crippen LogP contribution in [-0.2, 0) is 0 Å². The Morgan fingerprint density at radius 2 is 2.00 bits per heavy atom. The molecule has 0 bridgehead atoms. The van der Waals surface area contributed by atoms with E-state index < -0.39 is 5.91 Å². The molecule has 0 atom stereocenters. The highest BCUT2D eigenvalue weighted by Crippen LogP contribution is 2.25. The summed E-state index contributed by atoms with van der Waals surface area (Å²) < 4.78 is 1.53. The van der Waals surface area contributed by atoms with Gasteiger partial charge in [0.1, 0.15) is 0 Å². The van der Waals surface area contributed by atoms with Crippen LogP contribution in [0.4, 0.5) is 0 Å². The second-order valence-electron chi connectivity index (χ2n) is 1.97. The SMILES string of the molecule is NC(=O)c1cccc(Br)c1Br. The van der Waals surface area contributed by atoms with Gasteiger partial charge < -0.3 is 5.73 Å². The lowest BCUT2D eigenvalue weighted by molar-refractivity contribution is 0.0999. The lowest BCUT2D eigenvalue weighted by Gasteiger charge is -2.00. The largest absolute Gasteiger partial charge is 0.366 e. The molecule has 58 valence electrons. The van der Waals surface area contributed by atoms with Gasteiger partial charge in [-0.25, -0.2) is 0 Å². The van der Waals surface area contributed by atoms with E-state index >= 15 is 0 Å². The maximum absolute atomic E-state index is 10.7. The Hall–Kier alpha value is -0.350. The van der Waals surface area contributed by atoms with E-state index in [4.69, 9.17) is 5.73 Å². The average molecular weight is 279 g/mol. The van der Waals surface area contributed by atoms with Crippen LogP contribution in [0.5, 0.6) is 0 Å². The van der Waals surface area contributed by atoms with Crippen molar-refractivity contribution in [1.82, 2.24) is 0 Å². The summed E-state index contributed by atoms with van der Waals surface area (Å²) in [4.78, 5) is 10.7. The fraction of sp³-hybridized carbons (Fsp3) is 0. The summed E-state index contributed by atoms with van der Waals surface area (Å²) in [7, 11) is 0. The van der Waals surface area contributed by atoms with E-state index in [1.807, 2.05) is 6.07 Å². The van der Waals surface area contributed by atoms with E-state index in [0.717, 1.165) is 4.47 Å². The molecule has 0 aliphatic rings. The number of primary amides is 1. The Balaban J connectivity index is 3.27. The maximum Gasteiger partial charge on any atom is 0.249 e. The number of benzene rings is 1. The minimum absolute atomic E-state index is 0.432. The van der Waals surface area contributed by atoms with Crippen molar-refractivity contribution >= 4 is 37.8 Å². The number of nitrogens with two attached hydrogens (primary N) is 1. The average Bonchev–Trinajstić information content (AvgIpc) is 1.94. The lowest BCUT2D eigenvalue weighted by Crippen LogP contribution is -2.11. The molecule has 11 heavy (non-hydrogen) atoms. The molecule has 0 aliphatic heterocycles. The first-order valence-electron chi connectivity index (χ1n) is 2.86. The molecule has 2 N–H and O–H groups in total. The van der Waals surface area contributed by atoms with Gasteiger partial charge in [0.05, 0.1) is 5.56 Å². The van der Waals surface area contributed by atoms with Gasteiger partial charge in [0.25, 0.3) is 0 Å². The molecule has 2 nitrogen and oxygen atoms in total. The smallest absolute Gasteiger partial charge is 0.249 e. The predicted octanol–water partition coefficient (Wildman–Crippen LogP) is 2.31. The molecule has 1 amide bonds. The first kappa shape index (κ1) is 8.74. The van der Waals surface area contributed by atoms with E-state index in [2.05, 4.69) is 31.9 Å². The molecule has 0 radical (unpaired) electrons. The van der Waals surface area contributed by atoms with Gasteiger partial charge in [0.15, 0.2) is 0 Å². The van der Waals surface area contributed by atoms with Crippen LogP contribution in [0.2, 0.25) is 0 Å². The van der Waals surface area contributed by atoms with Crippen molar-refractivity contribution in [1.29, 1.82) is 0 Å². The van der Waals surface area contributed by atoms with Crippen LogP contribution in [0.1, 0.15) is 10.4 Å². The van der Waals surface area contributed by atoms with Crippen LogP contribution < -0.4 is 5.73 Å². The Bertz CT molecular complexity index is 298. The van der Waals surface area contributed by atoms with Crippen molar-refractivity contribution in [3.8, 4) is 0 Å². The highest BCUT2D eigenvalue weighted by molar-refractivity contribution is 9.13. The Kier molecular flexibility index (Phi) is 2.67. The van der Waals surface area contributed by atoms with Crippen LogP contribution in [0.25, 0.3) is 0 Å². The zero-order valence-electron chi connectivity index (χ0n) is 5.47. The maximum atomic E-state index is 10.7. The van der Waals surface area contributed by atoms with Crippen molar-refractivity contribution in [2.45, 2.75) is 0 Å². The number of carbonyl (C=O) groups is 1. The van der Waals surface area contributed by atoms with Gasteiger partial charge >= 0.3 is 0 Å². The van der Waals surface area contributed by atoms with Crippen molar-refractivity contribution < 1.29 is 4.79 Å². The van der Waals surface area contributed by atoms with Crippen LogP contribution in [-0.4, -0.2) is 5.91 Å². The van der Waals surface area contributed by atoms with Crippen molar-refractivity contribution in [2.24, 2.45) is 5.73 Å². The predicted molar refractivity (Wildman–Crippen MR) is 50.4 cm³/mol. The van der Waals surface area contributed by atoms with E-state index in [1.54, 1.807) is 12.1 Å². The quantitative estimate of drug-likeness (QED) is 0.842. The van der Waals surface area contributed by atoms with Gasteiger partial charge in [-0.2, -0.15) is 0 Å². The summed E-state index contributed by atoms with van der Waals surface area (Å²) in [6.07, 6.45) is 0. The van der Waals surface area contributed by atoms with Crippen molar-refractivity contribution in [2.75, 3.05) is 0 Å². The van der Waals surface area contributed by atoms with E-state index in [-0.39, 0.29) is 0 Å². The molecule has 0 aliphatic carbocycles. The molecule has 0 saturated carbocycles. The number of amides is 1. The lowest BCUT2D eigenvalue weighted by atomic mass is 10.2. The van der Waals surface area contributed by atoms with E-state index in [1.165, 1.54) is 0 Å². The zero-order valence-corrected chi connectivity index (χ0v) is 8.65. The normalized spacial score (nSPS) is 9.64. The van der Waals surface area contributed by atoms with Gasteiger partial charge in [0, 0.05) is 8.95 Å². The van der Waals surface area contributed by atoms with Crippen LogP contribution in [0, 0.1) is 0 Å². The number of hydrogen-bond acceptors (Lipinski definition) is 1. The molecule has 1 aromatic carbocycles. The van der Waals surface area contributed by atoms with Gasteiger partial charge in [-0.15, -0.1) is 0 Å². The summed E-state index contributed by atoms with van der Waals surface area (Å²) in [5, 5.41) is 0. The summed E-state index contributed by atoms with van der Waals surface area (Å²) in [5.41, 5.74) is 5.58. The second-order valence-corrected chi connectivity index (χ2v) is 3.61. The Morgan fingerprint density at radius 3 is 2.45 bits per heavy atom. The van der Waals surface area contributed by atoms with Gasteiger partial charge in [-0.05, 0) is 44.0 Å². The monoisotopic (exact) mass is 277 g/mol. The molecule has 0 heterocycles. The van der Waals surface area contributed by atoms with Gasteiger partial charge in [-0.1, -0.05) is 6.07 Å². The van der Waals surface area contributed by atoms with E-state index in [9.17, 15) is 4.79 Å². The van der Waals surface area contributed by atoms with E-state index in [0.29, 0.717) is 10.0 Å². The highest BCUT2D eigenvalue weighted by Gasteiger charge is 2.06. The summed E-state index contributed by atoms with van der Waals surface area (Å²) >= 11 is 6.49. The molecule has 0 unspecified atom stereocenters. The minimum atomic E-state index is -0.432. The third kappa shape index (κ3) is 1.81. The fourth-order valence-corrected chi connectivity index (χ4v) is 1.52. The standard InChI is InChI=1S/C7H5Br2NO/c8-5-3-1-2-4(6(5)9)7(10)11/h1-3H,(H2,10,11). The molecule has 1 rings (SSSR count). The first-order valence-corrected chi connectivity index (χ1v) is 4.45. The molecule has 0 saturated heterocycles. The van der Waals surface area contributed by atoms with Gasteiger partial charge in [-0.3, -0.25) is 4.79 Å². The number of rotatable bonds is 1. The summed E-state index contributed by atoms with van der Waals surface area (Å²) in [5.74, 6) is -0.432. The summed E-state index contributed by atoms with van der Waals surface area (Å²) in [6.45, 7) is 0. The number of halogens is 2. The number of hydrogen-bond donors (Lipinski definition) is 1. The van der Waals surface area contributed by atoms with Crippen LogP contribution >= 0.6 is 31.9 Å². The fourth-order valence-electron chi connectivity index (χ4n) is 0.694. The second kappa shape index (κ2) is 3.36. The molecule has 0 spiro atoms. The molecule has 0 fully saturated rings. The Morgan fingerprint density at radius 1 is 1.36 bits per heavy atom. The molecule has 0 aromatic heterocycles. The third-order valence-corrected chi connectivity index (χ3v) is 3.26.